The number of likely N-dealkylation sites (tertiary alicyclic amines) is 1. The predicted octanol–water partition coefficient (Wildman–Crippen LogP) is 3.14. The number of aromatic amines is 1. The number of amides is 2. The quantitative estimate of drug-likeness (QED) is 0.637. The summed E-state index contributed by atoms with van der Waals surface area (Å²) in [6.45, 7) is 1.35. The molecular weight excluding hydrogens is 352 g/mol. The molecule has 1 atom stereocenters. The summed E-state index contributed by atoms with van der Waals surface area (Å²) in [7, 11) is 0. The van der Waals surface area contributed by atoms with Gasteiger partial charge in [-0.05, 0) is 42.5 Å². The van der Waals surface area contributed by atoms with Crippen molar-refractivity contribution in [2.75, 3.05) is 18.8 Å². The van der Waals surface area contributed by atoms with Gasteiger partial charge in [-0.15, -0.1) is 0 Å². The van der Waals surface area contributed by atoms with Gasteiger partial charge in [0.1, 0.15) is 5.82 Å². The minimum atomic E-state index is -0.0341. The molecule has 0 bridgehead atoms. The molecule has 1 aromatic carbocycles. The van der Waals surface area contributed by atoms with Crippen LogP contribution >= 0.6 is 0 Å². The lowest BCUT2D eigenvalue weighted by Crippen LogP contribution is -2.40. The number of hydrogen-bond acceptors (Lipinski definition) is 4. The molecule has 0 radical (unpaired) electrons. The first kappa shape index (κ1) is 18.0. The van der Waals surface area contributed by atoms with Gasteiger partial charge in [-0.25, -0.2) is 9.78 Å². The van der Waals surface area contributed by atoms with E-state index in [2.05, 4.69) is 32.6 Å². The van der Waals surface area contributed by atoms with Gasteiger partial charge < -0.3 is 16.0 Å². The van der Waals surface area contributed by atoms with Crippen LogP contribution in [0.3, 0.4) is 0 Å². The zero-order valence-electron chi connectivity index (χ0n) is 15.6. The smallest absolute Gasteiger partial charge is 0.317 e. The van der Waals surface area contributed by atoms with Gasteiger partial charge in [0.05, 0.1) is 17.9 Å². The SMILES string of the molecule is Nc1cc(-c2cn[nH]c2C2CCCN2C(=O)NCCc2ccccc2)ccn1. The molecule has 1 fully saturated rings. The number of hydrogen-bond donors (Lipinski definition) is 3. The number of pyridine rings is 1. The average molecular weight is 376 g/mol. The van der Waals surface area contributed by atoms with Crippen LogP contribution in [0, 0.1) is 0 Å². The number of H-pyrrole nitrogens is 1. The van der Waals surface area contributed by atoms with Crippen molar-refractivity contribution in [3.8, 4) is 11.1 Å². The number of carbonyl (C=O) groups is 1. The summed E-state index contributed by atoms with van der Waals surface area (Å²) < 4.78 is 0. The van der Waals surface area contributed by atoms with Crippen LogP contribution in [0.2, 0.25) is 0 Å². The van der Waals surface area contributed by atoms with Crippen LogP contribution in [0.1, 0.15) is 30.1 Å². The zero-order chi connectivity index (χ0) is 19.3. The Kier molecular flexibility index (Phi) is 5.23. The maximum atomic E-state index is 12.8. The lowest BCUT2D eigenvalue weighted by atomic mass is 10.0. The highest BCUT2D eigenvalue weighted by Gasteiger charge is 2.32. The molecule has 28 heavy (non-hydrogen) atoms. The topological polar surface area (TPSA) is 99.9 Å². The Morgan fingerprint density at radius 2 is 2.14 bits per heavy atom. The Bertz CT molecular complexity index is 939. The van der Waals surface area contributed by atoms with Crippen molar-refractivity contribution >= 4 is 11.8 Å². The van der Waals surface area contributed by atoms with Crippen molar-refractivity contribution in [2.45, 2.75) is 25.3 Å². The molecule has 1 aliphatic heterocycles. The maximum Gasteiger partial charge on any atom is 0.317 e. The highest BCUT2D eigenvalue weighted by Crippen LogP contribution is 2.36. The molecule has 0 saturated carbocycles. The van der Waals surface area contributed by atoms with Crippen molar-refractivity contribution in [3.63, 3.8) is 0 Å². The highest BCUT2D eigenvalue weighted by atomic mass is 16.2. The van der Waals surface area contributed by atoms with E-state index in [0.29, 0.717) is 12.4 Å². The summed E-state index contributed by atoms with van der Waals surface area (Å²) in [5, 5.41) is 10.4. The number of anilines is 1. The molecule has 3 heterocycles. The number of benzene rings is 1. The monoisotopic (exact) mass is 376 g/mol. The number of carbonyl (C=O) groups excluding carboxylic acids is 1. The fourth-order valence-electron chi connectivity index (χ4n) is 3.77. The Labute approximate surface area is 164 Å². The molecule has 0 aliphatic carbocycles. The first-order valence-corrected chi connectivity index (χ1v) is 9.56. The third kappa shape index (κ3) is 3.83. The molecule has 2 amide bonds. The molecule has 1 unspecified atom stereocenters. The van der Waals surface area contributed by atoms with Crippen LogP contribution in [0.4, 0.5) is 10.6 Å². The molecule has 7 heteroatoms. The fraction of sp³-hybridized carbons (Fsp3) is 0.286. The van der Waals surface area contributed by atoms with Crippen LogP contribution in [0.25, 0.3) is 11.1 Å². The molecule has 4 N–H and O–H groups in total. The van der Waals surface area contributed by atoms with E-state index < -0.39 is 0 Å². The van der Waals surface area contributed by atoms with Crippen molar-refractivity contribution in [1.82, 2.24) is 25.4 Å². The molecule has 1 aliphatic rings. The van der Waals surface area contributed by atoms with Crippen LogP contribution in [-0.4, -0.2) is 39.2 Å². The van der Waals surface area contributed by atoms with Crippen molar-refractivity contribution < 1.29 is 4.79 Å². The number of aromatic nitrogens is 3. The molecule has 0 spiro atoms. The number of nitrogens with zero attached hydrogens (tertiary/aromatic N) is 3. The van der Waals surface area contributed by atoms with Crippen LogP contribution in [0.5, 0.6) is 0 Å². The van der Waals surface area contributed by atoms with Gasteiger partial charge in [-0.3, -0.25) is 5.10 Å². The molecule has 144 valence electrons. The third-order valence-electron chi connectivity index (χ3n) is 5.14. The van der Waals surface area contributed by atoms with Crippen molar-refractivity contribution in [1.29, 1.82) is 0 Å². The van der Waals surface area contributed by atoms with Crippen molar-refractivity contribution in [3.05, 3.63) is 66.1 Å². The Morgan fingerprint density at radius 3 is 2.96 bits per heavy atom. The number of urea groups is 1. The lowest BCUT2D eigenvalue weighted by Gasteiger charge is -2.25. The number of nitrogens with one attached hydrogen (secondary N) is 2. The van der Waals surface area contributed by atoms with Gasteiger partial charge in [0.25, 0.3) is 0 Å². The van der Waals surface area contributed by atoms with E-state index >= 15 is 0 Å². The summed E-state index contributed by atoms with van der Waals surface area (Å²) >= 11 is 0. The van der Waals surface area contributed by atoms with E-state index in [1.54, 1.807) is 12.4 Å². The standard InChI is InChI=1S/C21H24N6O/c22-19-13-16(9-11-23-19)17-14-25-26-20(17)18-7-4-12-27(18)21(28)24-10-8-15-5-2-1-3-6-15/h1-3,5-6,9,11,13-14,18H,4,7-8,10,12H2,(H2,22,23)(H,24,28)(H,25,26). The second-order valence-electron chi connectivity index (χ2n) is 6.99. The maximum absolute atomic E-state index is 12.8. The molecular formula is C21H24N6O. The minimum Gasteiger partial charge on any atom is -0.384 e. The summed E-state index contributed by atoms with van der Waals surface area (Å²) in [6.07, 6.45) is 6.16. The van der Waals surface area contributed by atoms with E-state index in [0.717, 1.165) is 42.6 Å². The van der Waals surface area contributed by atoms with Crippen LogP contribution in [-0.2, 0) is 6.42 Å². The predicted molar refractivity (Wildman–Crippen MR) is 108 cm³/mol. The summed E-state index contributed by atoms with van der Waals surface area (Å²) in [5.74, 6) is 0.464. The first-order chi connectivity index (χ1) is 13.7. The van der Waals surface area contributed by atoms with Gasteiger partial charge in [-0.2, -0.15) is 5.10 Å². The number of nitrogens with two attached hydrogens (primary N) is 1. The Balaban J connectivity index is 1.45. The third-order valence-corrected chi connectivity index (χ3v) is 5.14. The zero-order valence-corrected chi connectivity index (χ0v) is 15.6. The highest BCUT2D eigenvalue weighted by molar-refractivity contribution is 5.76. The largest absolute Gasteiger partial charge is 0.384 e. The van der Waals surface area contributed by atoms with Gasteiger partial charge in [0.15, 0.2) is 0 Å². The van der Waals surface area contributed by atoms with E-state index in [9.17, 15) is 4.79 Å². The minimum absolute atomic E-state index is 0.0244. The number of rotatable bonds is 5. The second kappa shape index (κ2) is 8.12. The van der Waals surface area contributed by atoms with Gasteiger partial charge >= 0.3 is 6.03 Å². The van der Waals surface area contributed by atoms with E-state index in [1.165, 1.54) is 5.56 Å². The first-order valence-electron chi connectivity index (χ1n) is 9.56. The molecule has 3 aromatic rings. The van der Waals surface area contributed by atoms with Gasteiger partial charge in [-0.1, -0.05) is 30.3 Å². The normalized spacial score (nSPS) is 16.3. The molecule has 7 nitrogen and oxygen atoms in total. The number of nitrogen functional groups attached to an aromatic ring is 1. The second-order valence-corrected chi connectivity index (χ2v) is 6.99. The molecule has 4 rings (SSSR count). The molecule has 1 saturated heterocycles. The average Bonchev–Trinajstić information content (AvgIpc) is 3.38. The van der Waals surface area contributed by atoms with Crippen molar-refractivity contribution in [2.24, 2.45) is 0 Å². The van der Waals surface area contributed by atoms with Crippen LogP contribution < -0.4 is 11.1 Å². The summed E-state index contributed by atoms with van der Waals surface area (Å²) in [4.78, 5) is 18.7. The van der Waals surface area contributed by atoms with E-state index in [4.69, 9.17) is 5.73 Å². The van der Waals surface area contributed by atoms with Gasteiger partial charge in [0.2, 0.25) is 0 Å². The van der Waals surface area contributed by atoms with Gasteiger partial charge in [0, 0.05) is 24.8 Å². The van der Waals surface area contributed by atoms with E-state index in [-0.39, 0.29) is 12.1 Å². The fourth-order valence-corrected chi connectivity index (χ4v) is 3.77. The Morgan fingerprint density at radius 1 is 1.29 bits per heavy atom. The van der Waals surface area contributed by atoms with Crippen LogP contribution in [0.15, 0.2) is 54.9 Å². The Hall–Kier alpha value is -3.35. The van der Waals surface area contributed by atoms with E-state index in [1.807, 2.05) is 35.2 Å². The lowest BCUT2D eigenvalue weighted by molar-refractivity contribution is 0.192. The molecule has 2 aromatic heterocycles. The summed E-state index contributed by atoms with van der Waals surface area (Å²) in [6, 6.07) is 13.8. The summed E-state index contributed by atoms with van der Waals surface area (Å²) in [5.41, 5.74) is 9.90.